The van der Waals surface area contributed by atoms with Gasteiger partial charge in [0.2, 0.25) is 0 Å². The van der Waals surface area contributed by atoms with Crippen molar-refractivity contribution in [3.05, 3.63) is 15.5 Å². The maximum Gasteiger partial charge on any atom is 0.410 e. The molecule has 1 amide bonds. The van der Waals surface area contributed by atoms with Crippen LogP contribution in [0.2, 0.25) is 0 Å². The molecule has 0 bridgehead atoms. The summed E-state index contributed by atoms with van der Waals surface area (Å²) >= 11 is 2.21. The van der Waals surface area contributed by atoms with Crippen molar-refractivity contribution in [1.82, 2.24) is 14.7 Å². The summed E-state index contributed by atoms with van der Waals surface area (Å²) in [7, 11) is 0. The quantitative estimate of drug-likeness (QED) is 0.676. The molecule has 1 saturated heterocycles. The number of hydrogen-bond donors (Lipinski definition) is 0. The number of aromatic nitrogens is 2. The van der Waals surface area contributed by atoms with Crippen molar-refractivity contribution >= 4 is 34.5 Å². The fourth-order valence-electron chi connectivity index (χ4n) is 3.12. The van der Waals surface area contributed by atoms with E-state index in [4.69, 9.17) is 4.74 Å². The number of halogens is 1. The normalized spacial score (nSPS) is 22.3. The van der Waals surface area contributed by atoms with Crippen LogP contribution < -0.4 is 0 Å². The summed E-state index contributed by atoms with van der Waals surface area (Å²) in [6.45, 7) is 6.92. The molecule has 23 heavy (non-hydrogen) atoms. The van der Waals surface area contributed by atoms with Crippen molar-refractivity contribution in [2.24, 2.45) is 0 Å². The molecule has 0 aromatic carbocycles. The van der Waals surface area contributed by atoms with Crippen LogP contribution in [-0.4, -0.2) is 45.2 Å². The van der Waals surface area contributed by atoms with Crippen molar-refractivity contribution in [1.29, 1.82) is 0 Å². The standard InChI is InChI=1S/C16H22IN3O3/c1-16(2,3)23-15(22)19-8-10(9-19)13-7-14(17)18-20(13)11-4-5-12(21)6-11/h7,10-11H,4-6,8-9H2,1-3H3. The number of Topliss-reactive ketones (excluding diaryl/α,β-unsaturated/α-hetero) is 1. The monoisotopic (exact) mass is 431 g/mol. The average Bonchev–Trinajstić information content (AvgIpc) is 2.91. The summed E-state index contributed by atoms with van der Waals surface area (Å²) < 4.78 is 8.35. The Labute approximate surface area is 149 Å². The maximum atomic E-state index is 12.0. The minimum Gasteiger partial charge on any atom is -0.444 e. The van der Waals surface area contributed by atoms with E-state index in [0.717, 1.165) is 15.8 Å². The highest BCUT2D eigenvalue weighted by Gasteiger charge is 2.38. The van der Waals surface area contributed by atoms with Gasteiger partial charge in [0.1, 0.15) is 15.1 Å². The molecule has 2 aliphatic rings. The minimum atomic E-state index is -0.469. The Bertz CT molecular complexity index is 629. The lowest BCUT2D eigenvalue weighted by molar-refractivity contribution is -0.117. The van der Waals surface area contributed by atoms with Gasteiger partial charge in [0, 0.05) is 37.5 Å². The number of hydrogen-bond acceptors (Lipinski definition) is 4. The molecule has 1 aliphatic heterocycles. The molecule has 7 heteroatoms. The number of rotatable bonds is 2. The number of ether oxygens (including phenoxy) is 1. The van der Waals surface area contributed by atoms with Gasteiger partial charge < -0.3 is 9.64 Å². The van der Waals surface area contributed by atoms with E-state index in [2.05, 4.69) is 33.8 Å². The van der Waals surface area contributed by atoms with Crippen molar-refractivity contribution in [2.75, 3.05) is 13.1 Å². The highest BCUT2D eigenvalue weighted by atomic mass is 127. The van der Waals surface area contributed by atoms with E-state index in [-0.39, 0.29) is 18.1 Å². The summed E-state index contributed by atoms with van der Waals surface area (Å²) in [5, 5.41) is 4.58. The van der Waals surface area contributed by atoms with Crippen molar-refractivity contribution in [2.45, 2.75) is 57.6 Å². The van der Waals surface area contributed by atoms with Crippen LogP contribution >= 0.6 is 22.6 Å². The summed E-state index contributed by atoms with van der Waals surface area (Å²) in [6.07, 6.45) is 1.83. The van der Waals surface area contributed by atoms with Crippen LogP contribution in [0.1, 0.15) is 57.7 Å². The second-order valence-corrected chi connectivity index (χ2v) is 8.46. The molecule has 0 N–H and O–H groups in total. The van der Waals surface area contributed by atoms with Crippen LogP contribution in [0.4, 0.5) is 4.79 Å². The first kappa shape index (κ1) is 16.7. The predicted molar refractivity (Wildman–Crippen MR) is 93.4 cm³/mol. The zero-order valence-electron chi connectivity index (χ0n) is 13.7. The first-order valence-electron chi connectivity index (χ1n) is 7.97. The van der Waals surface area contributed by atoms with Gasteiger partial charge >= 0.3 is 6.09 Å². The van der Waals surface area contributed by atoms with Crippen LogP contribution in [0.3, 0.4) is 0 Å². The fraction of sp³-hybridized carbons (Fsp3) is 0.688. The zero-order valence-corrected chi connectivity index (χ0v) is 15.9. The summed E-state index contributed by atoms with van der Waals surface area (Å²) in [5.74, 6) is 0.588. The Kier molecular flexibility index (Phi) is 4.41. The van der Waals surface area contributed by atoms with Crippen molar-refractivity contribution < 1.29 is 14.3 Å². The zero-order chi connectivity index (χ0) is 16.8. The Hall–Kier alpha value is -1.12. The molecule has 1 unspecified atom stereocenters. The smallest absolute Gasteiger partial charge is 0.410 e. The van der Waals surface area contributed by atoms with E-state index in [1.807, 2.05) is 25.5 Å². The van der Waals surface area contributed by atoms with Gasteiger partial charge in [-0.3, -0.25) is 9.48 Å². The number of ketones is 1. The number of nitrogens with zero attached hydrogens (tertiary/aromatic N) is 3. The summed E-state index contributed by atoms with van der Waals surface area (Å²) in [5.41, 5.74) is 0.665. The first-order chi connectivity index (χ1) is 10.7. The third kappa shape index (κ3) is 3.70. The van der Waals surface area contributed by atoms with Crippen LogP contribution in [0, 0.1) is 3.70 Å². The molecule has 1 aromatic rings. The predicted octanol–water partition coefficient (Wildman–Crippen LogP) is 3.12. The number of carbonyl (C=O) groups excluding carboxylic acids is 2. The van der Waals surface area contributed by atoms with Gasteiger partial charge in [0.05, 0.1) is 6.04 Å². The van der Waals surface area contributed by atoms with Gasteiger partial charge in [-0.1, -0.05) is 0 Å². The van der Waals surface area contributed by atoms with Gasteiger partial charge in [-0.05, 0) is 55.8 Å². The van der Waals surface area contributed by atoms with Crippen LogP contribution in [0.15, 0.2) is 6.07 Å². The van der Waals surface area contributed by atoms with Crippen LogP contribution in [0.5, 0.6) is 0 Å². The lowest BCUT2D eigenvalue weighted by atomic mass is 9.96. The van der Waals surface area contributed by atoms with Gasteiger partial charge in [0.25, 0.3) is 0 Å². The number of carbonyl (C=O) groups is 2. The van der Waals surface area contributed by atoms with Gasteiger partial charge in [-0.15, -0.1) is 0 Å². The SMILES string of the molecule is CC(C)(C)OC(=O)N1CC(c2cc(I)nn2C2CCC(=O)C2)C1. The molecule has 0 radical (unpaired) electrons. The van der Waals surface area contributed by atoms with Gasteiger partial charge in [0.15, 0.2) is 0 Å². The first-order valence-corrected chi connectivity index (χ1v) is 9.05. The topological polar surface area (TPSA) is 64.4 Å². The second kappa shape index (κ2) is 6.07. The largest absolute Gasteiger partial charge is 0.444 e. The molecule has 126 valence electrons. The van der Waals surface area contributed by atoms with Gasteiger partial charge in [-0.2, -0.15) is 5.10 Å². The lowest BCUT2D eigenvalue weighted by Crippen LogP contribution is -2.50. The summed E-state index contributed by atoms with van der Waals surface area (Å²) in [6, 6.07) is 2.25. The molecule has 6 nitrogen and oxygen atoms in total. The molecular weight excluding hydrogens is 409 g/mol. The molecule has 0 spiro atoms. The third-order valence-corrected chi connectivity index (χ3v) is 4.78. The van der Waals surface area contributed by atoms with E-state index in [1.54, 1.807) is 4.90 Å². The highest BCUT2D eigenvalue weighted by Crippen LogP contribution is 2.34. The van der Waals surface area contributed by atoms with Crippen LogP contribution in [-0.2, 0) is 9.53 Å². The molecule has 3 rings (SSSR count). The number of likely N-dealkylation sites (tertiary alicyclic amines) is 1. The van der Waals surface area contributed by atoms with E-state index >= 15 is 0 Å². The second-order valence-electron chi connectivity index (χ2n) is 7.35. The minimum absolute atomic E-state index is 0.177. The van der Waals surface area contributed by atoms with Crippen molar-refractivity contribution in [3.8, 4) is 0 Å². The van der Waals surface area contributed by atoms with Crippen molar-refractivity contribution in [3.63, 3.8) is 0 Å². The molecule has 2 heterocycles. The Morgan fingerprint density at radius 2 is 2.09 bits per heavy atom. The van der Waals surface area contributed by atoms with E-state index in [9.17, 15) is 9.59 Å². The maximum absolute atomic E-state index is 12.0. The molecule has 1 aliphatic carbocycles. The summed E-state index contributed by atoms with van der Waals surface area (Å²) in [4.78, 5) is 25.3. The third-order valence-electron chi connectivity index (χ3n) is 4.25. The highest BCUT2D eigenvalue weighted by molar-refractivity contribution is 14.1. The average molecular weight is 431 g/mol. The van der Waals surface area contributed by atoms with E-state index in [0.29, 0.717) is 31.7 Å². The molecule has 2 fully saturated rings. The molecule has 1 atom stereocenters. The van der Waals surface area contributed by atoms with Gasteiger partial charge in [-0.25, -0.2) is 4.79 Å². The molecular formula is C16H22IN3O3. The Morgan fingerprint density at radius 1 is 1.39 bits per heavy atom. The Morgan fingerprint density at radius 3 is 2.65 bits per heavy atom. The Balaban J connectivity index is 1.66. The van der Waals surface area contributed by atoms with Crippen LogP contribution in [0.25, 0.3) is 0 Å². The van der Waals surface area contributed by atoms with E-state index in [1.165, 1.54) is 0 Å². The lowest BCUT2D eigenvalue weighted by Gasteiger charge is -2.40. The molecule has 1 saturated carbocycles. The molecule has 1 aromatic heterocycles. The number of amides is 1. The fourth-order valence-corrected chi connectivity index (χ4v) is 3.67. The van der Waals surface area contributed by atoms with E-state index < -0.39 is 5.60 Å².